The molecule has 20 heavy (non-hydrogen) atoms. The van der Waals surface area contributed by atoms with E-state index in [9.17, 15) is 17.2 Å². The highest BCUT2D eigenvalue weighted by molar-refractivity contribution is 9.11. The maximum Gasteiger partial charge on any atom is 0.263 e. The van der Waals surface area contributed by atoms with E-state index in [-0.39, 0.29) is 10.6 Å². The zero-order valence-electron chi connectivity index (χ0n) is 9.70. The van der Waals surface area contributed by atoms with Crippen LogP contribution in [-0.4, -0.2) is 8.42 Å². The second-order valence-corrected chi connectivity index (χ2v) is 7.26. The molecule has 2 aromatic rings. The summed E-state index contributed by atoms with van der Waals surface area (Å²) in [7, 11) is -3.95. The fraction of sp³-hybridized carbons (Fsp3) is 0. The predicted octanol–water partition coefficient (Wildman–Crippen LogP) is 4.29. The van der Waals surface area contributed by atoms with E-state index in [1.54, 1.807) is 12.1 Å². The van der Waals surface area contributed by atoms with Crippen LogP contribution in [0.15, 0.2) is 50.2 Å². The maximum absolute atomic E-state index is 13.0. The molecule has 8 heteroatoms. The van der Waals surface area contributed by atoms with Crippen molar-refractivity contribution in [2.24, 2.45) is 0 Å². The maximum atomic E-state index is 13.0. The quantitative estimate of drug-likeness (QED) is 0.795. The summed E-state index contributed by atoms with van der Waals surface area (Å²) < 4.78 is 53.6. The molecule has 106 valence electrons. The first kappa shape index (κ1) is 15.4. The Balaban J connectivity index is 2.40. The number of benzene rings is 2. The molecule has 0 spiro atoms. The number of anilines is 1. The molecule has 0 unspecified atom stereocenters. The molecule has 0 amide bonds. The fourth-order valence-corrected chi connectivity index (χ4v) is 4.30. The molecule has 0 saturated heterocycles. The second kappa shape index (κ2) is 5.79. The molecule has 0 saturated carbocycles. The third-order valence-electron chi connectivity index (χ3n) is 2.30. The lowest BCUT2D eigenvalue weighted by Gasteiger charge is -2.10. The number of halogens is 4. The fourth-order valence-electron chi connectivity index (χ4n) is 1.52. The molecule has 0 aromatic heterocycles. The second-order valence-electron chi connectivity index (χ2n) is 3.84. The van der Waals surface area contributed by atoms with Crippen LogP contribution in [0.5, 0.6) is 0 Å². The highest BCUT2D eigenvalue weighted by Gasteiger charge is 2.18. The van der Waals surface area contributed by atoms with Crippen LogP contribution in [0.2, 0.25) is 0 Å². The van der Waals surface area contributed by atoms with E-state index in [0.717, 1.165) is 12.1 Å². The van der Waals surface area contributed by atoms with Gasteiger partial charge in [0.2, 0.25) is 0 Å². The van der Waals surface area contributed by atoms with Crippen molar-refractivity contribution in [1.29, 1.82) is 0 Å². The molecule has 0 aliphatic heterocycles. The minimum atomic E-state index is -3.95. The zero-order valence-corrected chi connectivity index (χ0v) is 13.7. The van der Waals surface area contributed by atoms with Gasteiger partial charge in [-0.05, 0) is 46.3 Å². The van der Waals surface area contributed by atoms with Crippen molar-refractivity contribution in [2.75, 3.05) is 4.72 Å². The molecule has 1 N–H and O–H groups in total. The Morgan fingerprint density at radius 3 is 2.10 bits per heavy atom. The average molecular weight is 427 g/mol. The molecular weight excluding hydrogens is 420 g/mol. The molecular formula is C12H7Br2F2NO2S. The van der Waals surface area contributed by atoms with E-state index in [1.807, 2.05) is 0 Å². The van der Waals surface area contributed by atoms with E-state index in [0.29, 0.717) is 15.0 Å². The van der Waals surface area contributed by atoms with Gasteiger partial charge in [-0.25, -0.2) is 17.2 Å². The molecule has 0 heterocycles. The summed E-state index contributed by atoms with van der Waals surface area (Å²) in [6, 6.07) is 6.92. The third-order valence-corrected chi connectivity index (χ3v) is 5.15. The van der Waals surface area contributed by atoms with Crippen LogP contribution in [-0.2, 0) is 10.0 Å². The average Bonchev–Trinajstić information content (AvgIpc) is 2.25. The van der Waals surface area contributed by atoms with Gasteiger partial charge in [-0.3, -0.25) is 4.72 Å². The van der Waals surface area contributed by atoms with Crippen molar-refractivity contribution in [3.05, 3.63) is 57.0 Å². The van der Waals surface area contributed by atoms with Crippen LogP contribution >= 0.6 is 31.9 Å². The zero-order chi connectivity index (χ0) is 14.9. The van der Waals surface area contributed by atoms with Gasteiger partial charge in [0.1, 0.15) is 16.5 Å². The molecule has 0 atom stereocenters. The predicted molar refractivity (Wildman–Crippen MR) is 79.0 cm³/mol. The van der Waals surface area contributed by atoms with Crippen molar-refractivity contribution in [3.8, 4) is 0 Å². The van der Waals surface area contributed by atoms with Crippen molar-refractivity contribution < 1.29 is 17.2 Å². The summed E-state index contributed by atoms with van der Waals surface area (Å²) in [6.07, 6.45) is 0. The monoisotopic (exact) mass is 425 g/mol. The smallest absolute Gasteiger partial charge is 0.263 e. The topological polar surface area (TPSA) is 46.2 Å². The molecule has 2 rings (SSSR count). The normalized spacial score (nSPS) is 11.4. The number of sulfonamides is 1. The molecule has 3 nitrogen and oxygen atoms in total. The van der Waals surface area contributed by atoms with E-state index in [1.165, 1.54) is 6.07 Å². The van der Waals surface area contributed by atoms with Crippen LogP contribution < -0.4 is 4.72 Å². The standard InChI is InChI=1S/C12H7Br2F2NO2S/c13-7-1-2-12(11(14)3-7)20(18,19)17-10-5-8(15)4-9(16)6-10/h1-6,17H. The van der Waals surface area contributed by atoms with Gasteiger partial charge in [-0.1, -0.05) is 15.9 Å². The number of nitrogens with one attached hydrogen (secondary N) is 1. The minimum absolute atomic E-state index is 0.0367. The lowest BCUT2D eigenvalue weighted by Crippen LogP contribution is -2.13. The Labute approximate surface area is 131 Å². The van der Waals surface area contributed by atoms with E-state index >= 15 is 0 Å². The van der Waals surface area contributed by atoms with Gasteiger partial charge in [0.05, 0.1) is 5.69 Å². The van der Waals surface area contributed by atoms with E-state index in [2.05, 4.69) is 36.6 Å². The van der Waals surface area contributed by atoms with Crippen molar-refractivity contribution in [1.82, 2.24) is 0 Å². The number of hydrogen-bond acceptors (Lipinski definition) is 2. The summed E-state index contributed by atoms with van der Waals surface area (Å²) in [5.74, 6) is -1.73. The number of rotatable bonds is 3. The van der Waals surface area contributed by atoms with Crippen LogP contribution in [0.3, 0.4) is 0 Å². The molecule has 0 aliphatic rings. The molecule has 2 aromatic carbocycles. The van der Waals surface area contributed by atoms with Crippen LogP contribution in [0, 0.1) is 11.6 Å². The highest BCUT2D eigenvalue weighted by Crippen LogP contribution is 2.27. The Bertz CT molecular complexity index is 746. The molecule has 0 aliphatic carbocycles. The lowest BCUT2D eigenvalue weighted by molar-refractivity contribution is 0.584. The first-order valence-corrected chi connectivity index (χ1v) is 8.29. The van der Waals surface area contributed by atoms with Crippen molar-refractivity contribution >= 4 is 47.6 Å². The Morgan fingerprint density at radius 1 is 0.950 bits per heavy atom. The van der Waals surface area contributed by atoms with Crippen molar-refractivity contribution in [2.45, 2.75) is 4.90 Å². The Morgan fingerprint density at radius 2 is 1.55 bits per heavy atom. The van der Waals surface area contributed by atoms with E-state index in [4.69, 9.17) is 0 Å². The van der Waals surface area contributed by atoms with Gasteiger partial charge in [0.25, 0.3) is 10.0 Å². The van der Waals surface area contributed by atoms with Gasteiger partial charge >= 0.3 is 0 Å². The van der Waals surface area contributed by atoms with Gasteiger partial charge < -0.3 is 0 Å². The largest absolute Gasteiger partial charge is 0.279 e. The van der Waals surface area contributed by atoms with E-state index < -0.39 is 21.7 Å². The summed E-state index contributed by atoms with van der Waals surface area (Å²) >= 11 is 6.33. The van der Waals surface area contributed by atoms with Gasteiger partial charge in [0.15, 0.2) is 0 Å². The Kier molecular flexibility index (Phi) is 4.46. The minimum Gasteiger partial charge on any atom is -0.279 e. The van der Waals surface area contributed by atoms with Crippen LogP contribution in [0.4, 0.5) is 14.5 Å². The molecule has 0 fully saturated rings. The number of hydrogen-bond donors (Lipinski definition) is 1. The summed E-state index contributed by atoms with van der Waals surface area (Å²) in [6.45, 7) is 0. The molecule has 0 radical (unpaired) electrons. The highest BCUT2D eigenvalue weighted by atomic mass is 79.9. The summed E-state index contributed by atoms with van der Waals surface area (Å²) in [5, 5.41) is 0. The SMILES string of the molecule is O=S(=O)(Nc1cc(F)cc(F)c1)c1ccc(Br)cc1Br. The van der Waals surface area contributed by atoms with Gasteiger partial charge in [-0.15, -0.1) is 0 Å². The third kappa shape index (κ3) is 3.56. The Hall–Kier alpha value is -0.990. The van der Waals surface area contributed by atoms with Crippen LogP contribution in [0.25, 0.3) is 0 Å². The summed E-state index contributed by atoms with van der Waals surface area (Å²) in [5.41, 5.74) is -0.183. The van der Waals surface area contributed by atoms with Gasteiger partial charge in [0, 0.05) is 15.0 Å². The lowest BCUT2D eigenvalue weighted by atomic mass is 10.3. The van der Waals surface area contributed by atoms with Crippen molar-refractivity contribution in [3.63, 3.8) is 0 Å². The first-order valence-electron chi connectivity index (χ1n) is 5.22. The van der Waals surface area contributed by atoms with Gasteiger partial charge in [-0.2, -0.15) is 0 Å². The first-order chi connectivity index (χ1) is 9.28. The molecule has 0 bridgehead atoms. The van der Waals surface area contributed by atoms with Crippen LogP contribution in [0.1, 0.15) is 0 Å². The summed E-state index contributed by atoms with van der Waals surface area (Å²) in [4.78, 5) is -0.0367.